The van der Waals surface area contributed by atoms with E-state index in [4.69, 9.17) is 4.74 Å². The summed E-state index contributed by atoms with van der Waals surface area (Å²) >= 11 is 0. The Bertz CT molecular complexity index is 417. The highest BCUT2D eigenvalue weighted by molar-refractivity contribution is 5.75. The van der Waals surface area contributed by atoms with Crippen molar-refractivity contribution in [2.75, 3.05) is 13.2 Å². The molecule has 19 heavy (non-hydrogen) atoms. The van der Waals surface area contributed by atoms with Crippen LogP contribution in [0.15, 0.2) is 24.3 Å². The van der Waals surface area contributed by atoms with Gasteiger partial charge >= 0.3 is 0 Å². The predicted octanol–water partition coefficient (Wildman–Crippen LogP) is 3.00. The first kappa shape index (κ1) is 14.1. The molecule has 1 aromatic rings. The van der Waals surface area contributed by atoms with Gasteiger partial charge in [-0.1, -0.05) is 31.2 Å². The first-order valence-corrected chi connectivity index (χ1v) is 7.27. The molecule has 1 unspecified atom stereocenters. The van der Waals surface area contributed by atoms with E-state index in [2.05, 4.69) is 29.6 Å². The summed E-state index contributed by atoms with van der Waals surface area (Å²) in [5, 5.41) is 2.87. The number of fused-ring (bicyclic) bond motifs is 1. The smallest absolute Gasteiger partial charge is 0.219 e. The van der Waals surface area contributed by atoms with Crippen LogP contribution in [0.3, 0.4) is 0 Å². The first-order chi connectivity index (χ1) is 9.31. The summed E-state index contributed by atoms with van der Waals surface area (Å²) in [6.07, 6.45) is 5.16. The molecule has 1 atom stereocenters. The molecular formula is C16H23NO2. The van der Waals surface area contributed by atoms with E-state index in [1.807, 2.05) is 6.92 Å². The van der Waals surface area contributed by atoms with Gasteiger partial charge in [-0.05, 0) is 36.8 Å². The highest BCUT2D eigenvalue weighted by Gasteiger charge is 2.19. The SMILES string of the molecule is CCC(=O)NCCCOC1CCCc2ccccc21. The van der Waals surface area contributed by atoms with Gasteiger partial charge in [-0.3, -0.25) is 4.79 Å². The van der Waals surface area contributed by atoms with Crippen molar-refractivity contribution in [2.24, 2.45) is 0 Å². The second kappa shape index (κ2) is 7.29. The molecule has 1 aliphatic rings. The lowest BCUT2D eigenvalue weighted by Gasteiger charge is -2.25. The fraction of sp³-hybridized carbons (Fsp3) is 0.562. The Labute approximate surface area is 115 Å². The van der Waals surface area contributed by atoms with Gasteiger partial charge in [0, 0.05) is 19.6 Å². The van der Waals surface area contributed by atoms with E-state index in [0.29, 0.717) is 19.6 Å². The van der Waals surface area contributed by atoms with Crippen molar-refractivity contribution in [1.29, 1.82) is 0 Å². The van der Waals surface area contributed by atoms with Gasteiger partial charge in [0.25, 0.3) is 0 Å². The zero-order valence-electron chi connectivity index (χ0n) is 11.7. The van der Waals surface area contributed by atoms with Crippen LogP contribution in [-0.2, 0) is 16.0 Å². The molecule has 0 spiro atoms. The van der Waals surface area contributed by atoms with Gasteiger partial charge in [-0.15, -0.1) is 0 Å². The van der Waals surface area contributed by atoms with Gasteiger partial charge < -0.3 is 10.1 Å². The number of rotatable bonds is 6. The fourth-order valence-corrected chi connectivity index (χ4v) is 2.53. The molecule has 1 aliphatic carbocycles. The Kier molecular flexibility index (Phi) is 5.40. The van der Waals surface area contributed by atoms with Crippen LogP contribution < -0.4 is 5.32 Å². The van der Waals surface area contributed by atoms with Crippen LogP contribution in [0.25, 0.3) is 0 Å². The molecular weight excluding hydrogens is 238 g/mol. The summed E-state index contributed by atoms with van der Waals surface area (Å²) in [5.74, 6) is 0.114. The molecule has 3 heteroatoms. The standard InChI is InChI=1S/C16H23NO2/c1-2-16(18)17-11-6-12-19-15-10-5-8-13-7-3-4-9-14(13)15/h3-4,7,9,15H,2,5-6,8,10-12H2,1H3,(H,17,18). The summed E-state index contributed by atoms with van der Waals surface area (Å²) in [7, 11) is 0. The second-order valence-corrected chi connectivity index (χ2v) is 5.01. The van der Waals surface area contributed by atoms with E-state index in [1.54, 1.807) is 0 Å². The number of aryl methyl sites for hydroxylation is 1. The van der Waals surface area contributed by atoms with Crippen LogP contribution in [-0.4, -0.2) is 19.1 Å². The van der Waals surface area contributed by atoms with Crippen LogP contribution in [0.1, 0.15) is 49.8 Å². The van der Waals surface area contributed by atoms with Crippen molar-refractivity contribution >= 4 is 5.91 Å². The Balaban J connectivity index is 1.74. The molecule has 1 amide bonds. The lowest BCUT2D eigenvalue weighted by Crippen LogP contribution is -2.24. The third kappa shape index (κ3) is 4.06. The number of carbonyl (C=O) groups is 1. The average molecular weight is 261 g/mol. The second-order valence-electron chi connectivity index (χ2n) is 5.01. The quantitative estimate of drug-likeness (QED) is 0.799. The predicted molar refractivity (Wildman–Crippen MR) is 76.0 cm³/mol. The third-order valence-electron chi connectivity index (χ3n) is 3.60. The number of carbonyl (C=O) groups excluding carboxylic acids is 1. The van der Waals surface area contributed by atoms with E-state index in [1.165, 1.54) is 24.0 Å². The zero-order chi connectivity index (χ0) is 13.5. The van der Waals surface area contributed by atoms with Crippen molar-refractivity contribution in [3.05, 3.63) is 35.4 Å². The maximum absolute atomic E-state index is 11.1. The normalized spacial score (nSPS) is 17.8. The van der Waals surface area contributed by atoms with Gasteiger partial charge in [0.2, 0.25) is 5.91 Å². The fourth-order valence-electron chi connectivity index (χ4n) is 2.53. The number of ether oxygens (including phenoxy) is 1. The van der Waals surface area contributed by atoms with Gasteiger partial charge in [0.05, 0.1) is 6.10 Å². The van der Waals surface area contributed by atoms with E-state index in [9.17, 15) is 4.79 Å². The number of nitrogens with one attached hydrogen (secondary N) is 1. The van der Waals surface area contributed by atoms with E-state index in [0.717, 1.165) is 12.8 Å². The molecule has 0 saturated heterocycles. The van der Waals surface area contributed by atoms with Crippen LogP contribution in [0.4, 0.5) is 0 Å². The summed E-state index contributed by atoms with van der Waals surface area (Å²) in [6.45, 7) is 3.29. The topological polar surface area (TPSA) is 38.3 Å². The molecule has 1 N–H and O–H groups in total. The Hall–Kier alpha value is -1.35. The summed E-state index contributed by atoms with van der Waals surface area (Å²) in [5.41, 5.74) is 2.78. The molecule has 0 saturated carbocycles. The minimum Gasteiger partial charge on any atom is -0.373 e. The lowest BCUT2D eigenvalue weighted by atomic mass is 9.89. The minimum atomic E-state index is 0.114. The lowest BCUT2D eigenvalue weighted by molar-refractivity contribution is -0.120. The highest BCUT2D eigenvalue weighted by atomic mass is 16.5. The molecule has 0 aromatic heterocycles. The van der Waals surface area contributed by atoms with Crippen molar-refractivity contribution in [2.45, 2.75) is 45.1 Å². The molecule has 2 rings (SSSR count). The van der Waals surface area contributed by atoms with Gasteiger partial charge in [-0.2, -0.15) is 0 Å². The maximum Gasteiger partial charge on any atom is 0.219 e. The van der Waals surface area contributed by atoms with E-state index >= 15 is 0 Å². The van der Waals surface area contributed by atoms with Crippen LogP contribution in [0.5, 0.6) is 0 Å². The summed E-state index contributed by atoms with van der Waals surface area (Å²) in [4.78, 5) is 11.1. The Morgan fingerprint density at radius 3 is 3.11 bits per heavy atom. The number of amides is 1. The van der Waals surface area contributed by atoms with Gasteiger partial charge in [0.15, 0.2) is 0 Å². The molecule has 104 valence electrons. The van der Waals surface area contributed by atoms with E-state index < -0.39 is 0 Å². The average Bonchev–Trinajstić information content (AvgIpc) is 2.46. The maximum atomic E-state index is 11.1. The molecule has 1 aromatic carbocycles. The van der Waals surface area contributed by atoms with Crippen molar-refractivity contribution in [3.63, 3.8) is 0 Å². The number of benzene rings is 1. The summed E-state index contributed by atoms with van der Waals surface area (Å²) < 4.78 is 5.97. The minimum absolute atomic E-state index is 0.114. The number of hydrogen-bond acceptors (Lipinski definition) is 2. The molecule has 0 fully saturated rings. The molecule has 0 aliphatic heterocycles. The zero-order valence-corrected chi connectivity index (χ0v) is 11.7. The Morgan fingerprint density at radius 1 is 1.42 bits per heavy atom. The van der Waals surface area contributed by atoms with Crippen LogP contribution in [0.2, 0.25) is 0 Å². The highest BCUT2D eigenvalue weighted by Crippen LogP contribution is 2.32. The first-order valence-electron chi connectivity index (χ1n) is 7.27. The molecule has 0 radical (unpaired) electrons. The Morgan fingerprint density at radius 2 is 2.26 bits per heavy atom. The molecule has 0 bridgehead atoms. The molecule has 3 nitrogen and oxygen atoms in total. The van der Waals surface area contributed by atoms with Crippen molar-refractivity contribution < 1.29 is 9.53 Å². The van der Waals surface area contributed by atoms with Crippen LogP contribution in [0, 0.1) is 0 Å². The van der Waals surface area contributed by atoms with Gasteiger partial charge in [-0.25, -0.2) is 0 Å². The van der Waals surface area contributed by atoms with Crippen molar-refractivity contribution in [1.82, 2.24) is 5.32 Å². The number of hydrogen-bond donors (Lipinski definition) is 1. The third-order valence-corrected chi connectivity index (χ3v) is 3.60. The monoisotopic (exact) mass is 261 g/mol. The largest absolute Gasteiger partial charge is 0.373 e. The van der Waals surface area contributed by atoms with Crippen molar-refractivity contribution in [3.8, 4) is 0 Å². The van der Waals surface area contributed by atoms with Crippen LogP contribution >= 0.6 is 0 Å². The molecule has 0 heterocycles. The van der Waals surface area contributed by atoms with E-state index in [-0.39, 0.29) is 12.0 Å². The summed E-state index contributed by atoms with van der Waals surface area (Å²) in [6, 6.07) is 8.56. The van der Waals surface area contributed by atoms with Gasteiger partial charge in [0.1, 0.15) is 0 Å².